The van der Waals surface area contributed by atoms with E-state index in [1.54, 1.807) is 29.4 Å². The first-order valence-electron chi connectivity index (χ1n) is 6.99. The predicted octanol–water partition coefficient (Wildman–Crippen LogP) is 4.27. The Labute approximate surface area is 143 Å². The maximum atomic E-state index is 12.7. The first-order chi connectivity index (χ1) is 10.4. The minimum absolute atomic E-state index is 0.00680. The maximum Gasteiger partial charge on any atom is 0.257 e. The number of rotatable bonds is 5. The molecule has 0 saturated heterocycles. The first kappa shape index (κ1) is 17.0. The summed E-state index contributed by atoms with van der Waals surface area (Å²) in [5.74, 6) is 0.518. The topological polar surface area (TPSA) is 42.4 Å². The Morgan fingerprint density at radius 1 is 1.45 bits per heavy atom. The third-order valence-corrected chi connectivity index (χ3v) is 4.26. The van der Waals surface area contributed by atoms with Crippen molar-refractivity contribution in [1.29, 1.82) is 0 Å². The van der Waals surface area contributed by atoms with Crippen molar-refractivity contribution in [3.05, 3.63) is 44.3 Å². The molecule has 0 unspecified atom stereocenters. The van der Waals surface area contributed by atoms with Gasteiger partial charge < -0.3 is 9.64 Å². The van der Waals surface area contributed by atoms with E-state index in [4.69, 9.17) is 4.74 Å². The molecule has 2 aromatic rings. The molecule has 0 saturated carbocycles. The van der Waals surface area contributed by atoms with E-state index in [1.165, 1.54) is 0 Å². The van der Waals surface area contributed by atoms with Crippen LogP contribution in [-0.2, 0) is 6.54 Å². The smallest absolute Gasteiger partial charge is 0.257 e. The highest BCUT2D eigenvalue weighted by Crippen LogP contribution is 2.26. The van der Waals surface area contributed by atoms with E-state index >= 15 is 0 Å². The van der Waals surface area contributed by atoms with Gasteiger partial charge in [0.25, 0.3) is 5.91 Å². The van der Waals surface area contributed by atoms with Gasteiger partial charge in [0.15, 0.2) is 0 Å². The molecular formula is C16H19BrN2O2S. The highest BCUT2D eigenvalue weighted by molar-refractivity contribution is 9.10. The van der Waals surface area contributed by atoms with Gasteiger partial charge >= 0.3 is 0 Å². The number of ether oxygens (including phenoxy) is 1. The lowest BCUT2D eigenvalue weighted by molar-refractivity contribution is 0.0777. The summed E-state index contributed by atoms with van der Waals surface area (Å²) >= 11 is 5.00. The molecule has 0 N–H and O–H groups in total. The summed E-state index contributed by atoms with van der Waals surface area (Å²) in [6, 6.07) is 5.46. The molecule has 1 aromatic heterocycles. The Morgan fingerprint density at radius 2 is 2.18 bits per heavy atom. The van der Waals surface area contributed by atoms with Gasteiger partial charge in [0.1, 0.15) is 5.75 Å². The number of hydrogen-bond acceptors (Lipinski definition) is 4. The van der Waals surface area contributed by atoms with Gasteiger partial charge in [0.05, 0.1) is 28.9 Å². The van der Waals surface area contributed by atoms with Gasteiger partial charge in [-0.25, -0.2) is 4.98 Å². The lowest BCUT2D eigenvalue weighted by Gasteiger charge is -2.19. The van der Waals surface area contributed by atoms with E-state index in [2.05, 4.69) is 20.9 Å². The molecule has 1 aromatic carbocycles. The highest BCUT2D eigenvalue weighted by atomic mass is 79.9. The van der Waals surface area contributed by atoms with Crippen molar-refractivity contribution in [2.75, 3.05) is 7.05 Å². The van der Waals surface area contributed by atoms with Crippen LogP contribution in [0.1, 0.15) is 34.9 Å². The molecule has 6 heteroatoms. The predicted molar refractivity (Wildman–Crippen MR) is 92.6 cm³/mol. The second kappa shape index (κ2) is 7.24. The maximum absolute atomic E-state index is 12.7. The molecule has 118 valence electrons. The Morgan fingerprint density at radius 3 is 2.77 bits per heavy atom. The van der Waals surface area contributed by atoms with E-state index in [9.17, 15) is 4.79 Å². The zero-order chi connectivity index (χ0) is 16.3. The highest BCUT2D eigenvalue weighted by Gasteiger charge is 2.19. The molecule has 1 amide bonds. The summed E-state index contributed by atoms with van der Waals surface area (Å²) in [6.07, 6.45) is 0.00680. The van der Waals surface area contributed by atoms with Crippen molar-refractivity contribution >= 4 is 33.2 Å². The Bertz CT molecular complexity index is 670. The van der Waals surface area contributed by atoms with Gasteiger partial charge in [-0.15, -0.1) is 11.3 Å². The van der Waals surface area contributed by atoms with E-state index in [0.29, 0.717) is 17.9 Å². The molecule has 0 spiro atoms. The van der Waals surface area contributed by atoms with Crippen LogP contribution in [0.25, 0.3) is 0 Å². The fourth-order valence-corrected chi connectivity index (χ4v) is 2.97. The van der Waals surface area contributed by atoms with Crippen molar-refractivity contribution in [1.82, 2.24) is 9.88 Å². The van der Waals surface area contributed by atoms with Gasteiger partial charge in [0, 0.05) is 16.9 Å². The van der Waals surface area contributed by atoms with Crippen LogP contribution in [0.3, 0.4) is 0 Å². The van der Waals surface area contributed by atoms with Crippen molar-refractivity contribution in [3.63, 3.8) is 0 Å². The summed E-state index contributed by atoms with van der Waals surface area (Å²) in [6.45, 7) is 6.33. The van der Waals surface area contributed by atoms with E-state index < -0.39 is 0 Å². The number of halogens is 1. The molecule has 22 heavy (non-hydrogen) atoms. The van der Waals surface area contributed by atoms with Crippen LogP contribution in [0.4, 0.5) is 0 Å². The Hall–Kier alpha value is -1.40. The van der Waals surface area contributed by atoms with Crippen molar-refractivity contribution in [2.45, 2.75) is 33.4 Å². The fourth-order valence-electron chi connectivity index (χ4n) is 2.03. The Kier molecular flexibility index (Phi) is 5.58. The number of nitrogens with zero attached hydrogens (tertiary/aromatic N) is 2. The summed E-state index contributed by atoms with van der Waals surface area (Å²) in [5.41, 5.74) is 1.47. The second-order valence-electron chi connectivity index (χ2n) is 5.33. The number of carbonyl (C=O) groups is 1. The summed E-state index contributed by atoms with van der Waals surface area (Å²) in [5, 5.41) is 2.98. The average Bonchev–Trinajstić information content (AvgIpc) is 2.83. The molecule has 2 rings (SSSR count). The summed E-state index contributed by atoms with van der Waals surface area (Å²) in [7, 11) is 1.78. The lowest BCUT2D eigenvalue weighted by atomic mass is 10.1. The Balaban J connectivity index is 2.20. The van der Waals surface area contributed by atoms with E-state index in [1.807, 2.05) is 38.3 Å². The third kappa shape index (κ3) is 4.30. The van der Waals surface area contributed by atoms with Crippen molar-refractivity contribution in [3.8, 4) is 5.75 Å². The van der Waals surface area contributed by atoms with Gasteiger partial charge in [0.2, 0.25) is 0 Å². The zero-order valence-corrected chi connectivity index (χ0v) is 15.5. The molecular weight excluding hydrogens is 364 g/mol. The van der Waals surface area contributed by atoms with E-state index in [0.717, 1.165) is 15.2 Å². The third-order valence-electron chi connectivity index (χ3n) is 2.95. The zero-order valence-electron chi connectivity index (χ0n) is 13.1. The first-order valence-corrected chi connectivity index (χ1v) is 8.66. The van der Waals surface area contributed by atoms with Crippen molar-refractivity contribution in [2.24, 2.45) is 0 Å². The molecule has 0 aliphatic heterocycles. The van der Waals surface area contributed by atoms with Crippen LogP contribution in [0.2, 0.25) is 0 Å². The molecule has 0 aliphatic rings. The summed E-state index contributed by atoms with van der Waals surface area (Å²) < 4.78 is 6.65. The van der Waals surface area contributed by atoms with Crippen LogP contribution in [0, 0.1) is 6.92 Å². The van der Waals surface area contributed by atoms with Crippen LogP contribution < -0.4 is 4.74 Å². The number of aryl methyl sites for hydroxylation is 1. The number of carbonyl (C=O) groups excluding carboxylic acids is 1. The number of aromatic nitrogens is 1. The van der Waals surface area contributed by atoms with Crippen molar-refractivity contribution < 1.29 is 9.53 Å². The molecule has 4 nitrogen and oxygen atoms in total. The lowest BCUT2D eigenvalue weighted by Crippen LogP contribution is -2.27. The number of hydrogen-bond donors (Lipinski definition) is 0. The quantitative estimate of drug-likeness (QED) is 0.774. The molecule has 0 fully saturated rings. The van der Waals surface area contributed by atoms with Crippen LogP contribution in [0.15, 0.2) is 28.1 Å². The van der Waals surface area contributed by atoms with Crippen LogP contribution in [-0.4, -0.2) is 28.9 Å². The monoisotopic (exact) mass is 382 g/mol. The second-order valence-corrected chi connectivity index (χ2v) is 7.30. The molecule has 0 atom stereocenters. The molecule has 0 bridgehead atoms. The minimum Gasteiger partial charge on any atom is -0.490 e. The summed E-state index contributed by atoms with van der Waals surface area (Å²) in [4.78, 5) is 18.7. The van der Waals surface area contributed by atoms with E-state index in [-0.39, 0.29) is 12.0 Å². The van der Waals surface area contributed by atoms with Crippen LogP contribution >= 0.6 is 27.3 Å². The van der Waals surface area contributed by atoms with Gasteiger partial charge in [-0.2, -0.15) is 0 Å². The average molecular weight is 383 g/mol. The number of benzene rings is 1. The standard InChI is InChI=1S/C16H19BrN2O2S/c1-10(2)21-15-7-12(17)5-6-14(15)16(20)19(4)8-13-9-22-11(3)18-13/h5-7,9-10H,8H2,1-4H3. The van der Waals surface area contributed by atoms with Crippen LogP contribution in [0.5, 0.6) is 5.75 Å². The molecule has 0 aliphatic carbocycles. The minimum atomic E-state index is -0.0752. The van der Waals surface area contributed by atoms with Gasteiger partial charge in [-0.1, -0.05) is 15.9 Å². The SMILES string of the molecule is Cc1nc(CN(C)C(=O)c2ccc(Br)cc2OC(C)C)cs1. The normalized spacial score (nSPS) is 10.8. The molecule has 1 heterocycles. The van der Waals surface area contributed by atoms with Gasteiger partial charge in [-0.05, 0) is 39.0 Å². The van der Waals surface area contributed by atoms with Gasteiger partial charge in [-0.3, -0.25) is 4.79 Å². The molecule has 0 radical (unpaired) electrons. The number of thiazole rings is 1. The largest absolute Gasteiger partial charge is 0.490 e. The fraction of sp³-hybridized carbons (Fsp3) is 0.375. The number of amides is 1.